The van der Waals surface area contributed by atoms with Crippen molar-refractivity contribution in [3.63, 3.8) is 0 Å². The Bertz CT molecular complexity index is 252. The van der Waals surface area contributed by atoms with Gasteiger partial charge < -0.3 is 24.8 Å². The van der Waals surface area contributed by atoms with Crippen LogP contribution in [0.5, 0.6) is 0 Å². The zero-order valence-corrected chi connectivity index (χ0v) is 14.0. The molecule has 0 aromatic heterocycles. The van der Waals surface area contributed by atoms with Crippen molar-refractivity contribution in [3.8, 4) is 0 Å². The summed E-state index contributed by atoms with van der Waals surface area (Å²) in [5.74, 6) is 0.629. The maximum atomic E-state index is 9.91. The molecule has 5 nitrogen and oxygen atoms in total. The SMILES string of the molecule is CC1CCCCC1OCC(O)CNCCOCCN(C)C. The van der Waals surface area contributed by atoms with Crippen molar-refractivity contribution in [3.05, 3.63) is 0 Å². The van der Waals surface area contributed by atoms with Crippen LogP contribution in [0.15, 0.2) is 0 Å². The lowest BCUT2D eigenvalue weighted by Gasteiger charge is -2.29. The summed E-state index contributed by atoms with van der Waals surface area (Å²) in [4.78, 5) is 2.10. The number of rotatable bonds is 11. The highest BCUT2D eigenvalue weighted by Gasteiger charge is 2.22. The average molecular weight is 302 g/mol. The van der Waals surface area contributed by atoms with Gasteiger partial charge >= 0.3 is 0 Å². The van der Waals surface area contributed by atoms with Crippen molar-refractivity contribution in [2.45, 2.75) is 44.8 Å². The fourth-order valence-corrected chi connectivity index (χ4v) is 2.59. The lowest BCUT2D eigenvalue weighted by atomic mass is 9.88. The lowest BCUT2D eigenvalue weighted by molar-refractivity contribution is -0.0453. The zero-order chi connectivity index (χ0) is 15.5. The van der Waals surface area contributed by atoms with Gasteiger partial charge in [0.15, 0.2) is 0 Å². The number of nitrogens with zero attached hydrogens (tertiary/aromatic N) is 1. The highest BCUT2D eigenvalue weighted by Crippen LogP contribution is 2.26. The van der Waals surface area contributed by atoms with E-state index in [0.29, 0.717) is 31.8 Å². The van der Waals surface area contributed by atoms with Crippen molar-refractivity contribution in [2.75, 3.05) is 53.6 Å². The Morgan fingerprint density at radius 3 is 2.71 bits per heavy atom. The lowest BCUT2D eigenvalue weighted by Crippen LogP contribution is -2.35. The largest absolute Gasteiger partial charge is 0.389 e. The number of aliphatic hydroxyl groups excluding tert-OH is 1. The van der Waals surface area contributed by atoms with Gasteiger partial charge in [0.05, 0.1) is 32.0 Å². The summed E-state index contributed by atoms with van der Waals surface area (Å²) < 4.78 is 11.3. The minimum Gasteiger partial charge on any atom is -0.389 e. The fraction of sp³-hybridized carbons (Fsp3) is 1.00. The quantitative estimate of drug-likeness (QED) is 0.560. The smallest absolute Gasteiger partial charge is 0.0897 e. The van der Waals surface area contributed by atoms with Gasteiger partial charge in [-0.2, -0.15) is 0 Å². The molecule has 0 heterocycles. The van der Waals surface area contributed by atoms with Crippen LogP contribution in [0.25, 0.3) is 0 Å². The highest BCUT2D eigenvalue weighted by molar-refractivity contribution is 4.73. The highest BCUT2D eigenvalue weighted by atomic mass is 16.5. The van der Waals surface area contributed by atoms with Gasteiger partial charge in [0.25, 0.3) is 0 Å². The molecule has 0 aromatic carbocycles. The second-order valence-corrected chi connectivity index (χ2v) is 6.41. The van der Waals surface area contributed by atoms with Crippen LogP contribution in [-0.2, 0) is 9.47 Å². The van der Waals surface area contributed by atoms with Crippen molar-refractivity contribution in [1.29, 1.82) is 0 Å². The first-order valence-corrected chi connectivity index (χ1v) is 8.32. The number of nitrogens with one attached hydrogen (secondary N) is 1. The molecule has 0 saturated heterocycles. The van der Waals surface area contributed by atoms with E-state index in [2.05, 4.69) is 17.1 Å². The second kappa shape index (κ2) is 11.4. The Kier molecular flexibility index (Phi) is 10.2. The Balaban J connectivity index is 1.92. The van der Waals surface area contributed by atoms with E-state index in [1.165, 1.54) is 19.3 Å². The minimum atomic E-state index is -0.430. The number of hydrogen-bond acceptors (Lipinski definition) is 5. The number of likely N-dealkylation sites (N-methyl/N-ethyl adjacent to an activating group) is 1. The van der Waals surface area contributed by atoms with E-state index in [4.69, 9.17) is 9.47 Å². The topological polar surface area (TPSA) is 54.0 Å². The first kappa shape index (κ1) is 18.8. The zero-order valence-electron chi connectivity index (χ0n) is 14.0. The van der Waals surface area contributed by atoms with Crippen LogP contribution in [-0.4, -0.2) is 75.8 Å². The molecule has 2 N–H and O–H groups in total. The first-order valence-electron chi connectivity index (χ1n) is 8.32. The molecule has 3 atom stereocenters. The Morgan fingerprint density at radius 1 is 1.24 bits per heavy atom. The van der Waals surface area contributed by atoms with Crippen LogP contribution in [0.2, 0.25) is 0 Å². The second-order valence-electron chi connectivity index (χ2n) is 6.41. The molecule has 0 aliphatic heterocycles. The Labute approximate surface area is 130 Å². The molecule has 1 fully saturated rings. The van der Waals surface area contributed by atoms with Crippen LogP contribution in [0, 0.1) is 5.92 Å². The fourth-order valence-electron chi connectivity index (χ4n) is 2.59. The molecule has 0 amide bonds. The molecule has 0 bridgehead atoms. The van der Waals surface area contributed by atoms with Crippen LogP contribution < -0.4 is 5.32 Å². The summed E-state index contributed by atoms with van der Waals surface area (Å²) in [7, 11) is 4.07. The molecule has 21 heavy (non-hydrogen) atoms. The predicted octanol–water partition coefficient (Wildman–Crippen LogP) is 1.11. The van der Waals surface area contributed by atoms with Crippen molar-refractivity contribution < 1.29 is 14.6 Å². The van der Waals surface area contributed by atoms with Crippen LogP contribution >= 0.6 is 0 Å². The maximum Gasteiger partial charge on any atom is 0.0897 e. The monoisotopic (exact) mass is 302 g/mol. The molecule has 5 heteroatoms. The van der Waals surface area contributed by atoms with E-state index >= 15 is 0 Å². The Morgan fingerprint density at radius 2 is 2.00 bits per heavy atom. The van der Waals surface area contributed by atoms with Crippen molar-refractivity contribution in [2.24, 2.45) is 5.92 Å². The van der Waals surface area contributed by atoms with Gasteiger partial charge in [-0.3, -0.25) is 0 Å². The summed E-state index contributed by atoms with van der Waals surface area (Å²) in [6, 6.07) is 0. The van der Waals surface area contributed by atoms with Gasteiger partial charge in [-0.25, -0.2) is 0 Å². The molecule has 126 valence electrons. The molecule has 0 spiro atoms. The maximum absolute atomic E-state index is 9.91. The van der Waals surface area contributed by atoms with Crippen LogP contribution in [0.4, 0.5) is 0 Å². The molecule has 0 aromatic rings. The average Bonchev–Trinajstić information content (AvgIpc) is 2.45. The summed E-state index contributed by atoms with van der Waals surface area (Å²) in [5.41, 5.74) is 0. The van der Waals surface area contributed by atoms with Gasteiger partial charge in [-0.1, -0.05) is 19.8 Å². The van der Waals surface area contributed by atoms with Crippen molar-refractivity contribution >= 4 is 0 Å². The van der Waals surface area contributed by atoms with Crippen LogP contribution in [0.1, 0.15) is 32.6 Å². The summed E-state index contributed by atoms with van der Waals surface area (Å²) >= 11 is 0. The van der Waals surface area contributed by atoms with E-state index in [0.717, 1.165) is 26.1 Å². The van der Waals surface area contributed by atoms with Crippen LogP contribution in [0.3, 0.4) is 0 Å². The molecular formula is C16H34N2O3. The molecule has 3 unspecified atom stereocenters. The van der Waals surface area contributed by atoms with Gasteiger partial charge in [0.2, 0.25) is 0 Å². The van der Waals surface area contributed by atoms with Gasteiger partial charge in [-0.15, -0.1) is 0 Å². The van der Waals surface area contributed by atoms with E-state index in [9.17, 15) is 5.11 Å². The van der Waals surface area contributed by atoms with Crippen molar-refractivity contribution in [1.82, 2.24) is 10.2 Å². The third-order valence-electron chi connectivity index (χ3n) is 4.02. The minimum absolute atomic E-state index is 0.336. The van der Waals surface area contributed by atoms with E-state index in [-0.39, 0.29) is 0 Å². The molecule has 1 saturated carbocycles. The molecule has 1 aliphatic carbocycles. The summed E-state index contributed by atoms with van der Waals surface area (Å²) in [6.07, 6.45) is 4.88. The van der Waals surface area contributed by atoms with Gasteiger partial charge in [0.1, 0.15) is 0 Å². The summed E-state index contributed by atoms with van der Waals surface area (Å²) in [5, 5.41) is 13.1. The number of hydrogen-bond donors (Lipinski definition) is 2. The van der Waals surface area contributed by atoms with Gasteiger partial charge in [0, 0.05) is 19.6 Å². The first-order chi connectivity index (χ1) is 10.1. The number of ether oxygens (including phenoxy) is 2. The third kappa shape index (κ3) is 9.42. The molecule has 1 aliphatic rings. The molecule has 0 radical (unpaired) electrons. The predicted molar refractivity (Wildman–Crippen MR) is 85.6 cm³/mol. The molecule has 1 rings (SSSR count). The molecular weight excluding hydrogens is 268 g/mol. The summed E-state index contributed by atoms with van der Waals surface area (Å²) in [6.45, 7) is 6.39. The Hall–Kier alpha value is -0.200. The third-order valence-corrected chi connectivity index (χ3v) is 4.02. The van der Waals surface area contributed by atoms with E-state index in [1.54, 1.807) is 0 Å². The van der Waals surface area contributed by atoms with E-state index < -0.39 is 6.10 Å². The van der Waals surface area contributed by atoms with Gasteiger partial charge in [-0.05, 0) is 32.9 Å². The number of aliphatic hydroxyl groups is 1. The van der Waals surface area contributed by atoms with E-state index in [1.807, 2.05) is 14.1 Å². The normalized spacial score (nSPS) is 24.4. The standard InChI is InChI=1S/C16H34N2O3/c1-14-6-4-5-7-16(14)21-13-15(19)12-17-8-10-20-11-9-18(2)3/h14-17,19H,4-13H2,1-3H3.